The molecule has 1 rings (SSSR count). The second-order valence-electron chi connectivity index (χ2n) is 1.74. The second kappa shape index (κ2) is 5.53. The van der Waals surface area contributed by atoms with Crippen molar-refractivity contribution in [3.63, 3.8) is 0 Å². The Hall–Kier alpha value is -2.11. The van der Waals surface area contributed by atoms with Crippen LogP contribution in [0, 0.1) is 0 Å². The Morgan fingerprint density at radius 2 is 2.23 bits per heavy atom. The Bertz CT molecular complexity index is 291. The Kier molecular flexibility index (Phi) is 4.63. The maximum absolute atomic E-state index is 10.1. The van der Waals surface area contributed by atoms with Crippen LogP contribution in [0.3, 0.4) is 0 Å². The van der Waals surface area contributed by atoms with Crippen LogP contribution in [-0.2, 0) is 4.79 Å². The number of primary amides is 1. The van der Waals surface area contributed by atoms with Crippen LogP contribution in [-0.4, -0.2) is 22.0 Å². The van der Waals surface area contributed by atoms with Crippen LogP contribution < -0.4 is 5.73 Å². The molecule has 0 spiro atoms. The highest BCUT2D eigenvalue weighted by Crippen LogP contribution is 1.89. The first kappa shape index (κ1) is 10.9. The molecule has 0 unspecified atom stereocenters. The van der Waals surface area contributed by atoms with Crippen LogP contribution in [0.25, 0.3) is 0 Å². The first-order valence-corrected chi connectivity index (χ1v) is 3.12. The molecule has 1 aromatic rings. The van der Waals surface area contributed by atoms with E-state index in [1.54, 1.807) is 0 Å². The highest BCUT2D eigenvalue weighted by atomic mass is 16.4. The summed E-state index contributed by atoms with van der Waals surface area (Å²) in [6.07, 6.45) is 3.49. The number of carbonyl (C=O) groups excluding carboxylic acids is 1. The zero-order valence-corrected chi connectivity index (χ0v) is 6.64. The quantitative estimate of drug-likeness (QED) is 0.630. The summed E-state index contributed by atoms with van der Waals surface area (Å²) in [6.45, 7) is 2.96. The Balaban J connectivity index is 0.000000252. The van der Waals surface area contributed by atoms with Crippen molar-refractivity contribution >= 4 is 11.9 Å². The molecule has 0 aliphatic rings. The van der Waals surface area contributed by atoms with Gasteiger partial charge in [0, 0.05) is 6.08 Å². The van der Waals surface area contributed by atoms with Crippen molar-refractivity contribution in [1.82, 2.24) is 4.98 Å². The van der Waals surface area contributed by atoms with E-state index in [9.17, 15) is 9.59 Å². The summed E-state index contributed by atoms with van der Waals surface area (Å²) in [5, 5.41) is 7.60. The predicted molar refractivity (Wildman–Crippen MR) is 42.9 cm³/mol. The van der Waals surface area contributed by atoms with Crippen LogP contribution in [0.1, 0.15) is 10.7 Å². The van der Waals surface area contributed by atoms with Crippen molar-refractivity contribution in [3.05, 3.63) is 31.0 Å². The number of carbonyl (C=O) groups is 2. The van der Waals surface area contributed by atoms with Gasteiger partial charge in [0.15, 0.2) is 0 Å². The first-order chi connectivity index (χ1) is 6.07. The number of aliphatic carboxylic acids is 1. The predicted octanol–water partition coefficient (Wildman–Crippen LogP) is 0.0305. The average molecular weight is 184 g/mol. The minimum absolute atomic E-state index is 0.0509. The van der Waals surface area contributed by atoms with Crippen LogP contribution >= 0.6 is 0 Å². The SMILES string of the molecule is C=CC(=O)O.NC(=O)c1ncco1. The van der Waals surface area contributed by atoms with E-state index in [0.717, 1.165) is 6.08 Å². The largest absolute Gasteiger partial charge is 0.478 e. The van der Waals surface area contributed by atoms with Crippen molar-refractivity contribution in [2.75, 3.05) is 0 Å². The number of carboxylic acids is 1. The Morgan fingerprint density at radius 1 is 1.69 bits per heavy atom. The van der Waals surface area contributed by atoms with Crippen molar-refractivity contribution in [3.8, 4) is 0 Å². The fraction of sp³-hybridized carbons (Fsp3) is 0. The zero-order chi connectivity index (χ0) is 10.3. The molecule has 1 amide bonds. The number of nitrogens with zero attached hydrogens (tertiary/aromatic N) is 1. The lowest BCUT2D eigenvalue weighted by Crippen LogP contribution is -2.10. The van der Waals surface area contributed by atoms with E-state index < -0.39 is 11.9 Å². The van der Waals surface area contributed by atoms with Crippen LogP contribution in [0.5, 0.6) is 0 Å². The van der Waals surface area contributed by atoms with Crippen LogP contribution in [0.2, 0.25) is 0 Å². The van der Waals surface area contributed by atoms with Gasteiger partial charge in [0.25, 0.3) is 5.89 Å². The highest BCUT2D eigenvalue weighted by Gasteiger charge is 2.01. The molecule has 3 N–H and O–H groups in total. The van der Waals surface area contributed by atoms with Gasteiger partial charge in [-0.15, -0.1) is 0 Å². The number of carboxylic acid groups (broad SMARTS) is 1. The monoisotopic (exact) mass is 184 g/mol. The lowest BCUT2D eigenvalue weighted by Gasteiger charge is -1.78. The molecule has 6 nitrogen and oxygen atoms in total. The van der Waals surface area contributed by atoms with Gasteiger partial charge < -0.3 is 15.3 Å². The van der Waals surface area contributed by atoms with Crippen molar-refractivity contribution in [2.45, 2.75) is 0 Å². The van der Waals surface area contributed by atoms with E-state index in [0.29, 0.717) is 0 Å². The molecule has 1 aromatic heterocycles. The number of rotatable bonds is 2. The van der Waals surface area contributed by atoms with Gasteiger partial charge in [0.1, 0.15) is 6.26 Å². The van der Waals surface area contributed by atoms with Gasteiger partial charge in [-0.1, -0.05) is 6.58 Å². The summed E-state index contributed by atoms with van der Waals surface area (Å²) in [7, 11) is 0. The van der Waals surface area contributed by atoms with E-state index in [-0.39, 0.29) is 5.89 Å². The van der Waals surface area contributed by atoms with E-state index >= 15 is 0 Å². The molecule has 0 aliphatic heterocycles. The molecule has 13 heavy (non-hydrogen) atoms. The van der Waals surface area contributed by atoms with E-state index in [4.69, 9.17) is 10.8 Å². The summed E-state index contributed by atoms with van der Waals surface area (Å²) in [6, 6.07) is 0. The molecule has 0 saturated heterocycles. The molecule has 70 valence electrons. The first-order valence-electron chi connectivity index (χ1n) is 3.12. The number of aromatic nitrogens is 1. The summed E-state index contributed by atoms with van der Waals surface area (Å²) >= 11 is 0. The maximum Gasteiger partial charge on any atom is 0.327 e. The van der Waals surface area contributed by atoms with Gasteiger partial charge >= 0.3 is 11.9 Å². The molecule has 0 fully saturated rings. The fourth-order valence-electron chi connectivity index (χ4n) is 0.345. The van der Waals surface area contributed by atoms with Crippen LogP contribution in [0.15, 0.2) is 29.5 Å². The third kappa shape index (κ3) is 5.19. The molecule has 1 heterocycles. The van der Waals surface area contributed by atoms with Gasteiger partial charge in [-0.05, 0) is 0 Å². The molecule has 0 bridgehead atoms. The smallest absolute Gasteiger partial charge is 0.327 e. The minimum Gasteiger partial charge on any atom is -0.478 e. The average Bonchev–Trinajstić information content (AvgIpc) is 2.57. The third-order valence-electron chi connectivity index (χ3n) is 0.818. The molecule has 0 saturated carbocycles. The lowest BCUT2D eigenvalue weighted by atomic mass is 10.6. The summed E-state index contributed by atoms with van der Waals surface area (Å²) in [4.78, 5) is 22.9. The standard InChI is InChI=1S/C4H4N2O2.C3H4O2/c5-3(7)4-6-1-2-8-4;1-2-3(4)5/h1-2H,(H2,5,7);2H,1H2,(H,4,5). The number of hydrogen-bond donors (Lipinski definition) is 2. The molecule has 0 aliphatic carbocycles. The fourth-order valence-corrected chi connectivity index (χ4v) is 0.345. The van der Waals surface area contributed by atoms with Gasteiger partial charge in [-0.25, -0.2) is 9.78 Å². The molecule has 0 atom stereocenters. The van der Waals surface area contributed by atoms with Gasteiger partial charge in [-0.3, -0.25) is 4.79 Å². The molecule has 0 aromatic carbocycles. The van der Waals surface area contributed by atoms with E-state index in [1.807, 2.05) is 0 Å². The summed E-state index contributed by atoms with van der Waals surface area (Å²) in [5.41, 5.74) is 4.76. The third-order valence-corrected chi connectivity index (χ3v) is 0.818. The lowest BCUT2D eigenvalue weighted by molar-refractivity contribution is -0.131. The van der Waals surface area contributed by atoms with Crippen molar-refractivity contribution < 1.29 is 19.1 Å². The Labute approximate surface area is 73.7 Å². The highest BCUT2D eigenvalue weighted by molar-refractivity contribution is 5.87. The van der Waals surface area contributed by atoms with E-state index in [2.05, 4.69) is 16.0 Å². The zero-order valence-electron chi connectivity index (χ0n) is 6.64. The molecular weight excluding hydrogens is 176 g/mol. The second-order valence-corrected chi connectivity index (χ2v) is 1.74. The van der Waals surface area contributed by atoms with Gasteiger partial charge in [0.05, 0.1) is 6.20 Å². The van der Waals surface area contributed by atoms with Crippen molar-refractivity contribution in [1.29, 1.82) is 0 Å². The topological polar surface area (TPSA) is 106 Å². The minimum atomic E-state index is -0.981. The van der Waals surface area contributed by atoms with E-state index in [1.165, 1.54) is 12.5 Å². The van der Waals surface area contributed by atoms with Crippen LogP contribution in [0.4, 0.5) is 0 Å². The number of hydrogen-bond acceptors (Lipinski definition) is 4. The van der Waals surface area contributed by atoms with Gasteiger partial charge in [0.2, 0.25) is 0 Å². The molecular formula is C7H8N2O4. The molecule has 0 radical (unpaired) electrons. The van der Waals surface area contributed by atoms with Gasteiger partial charge in [-0.2, -0.15) is 0 Å². The Morgan fingerprint density at radius 3 is 2.38 bits per heavy atom. The normalized spacial score (nSPS) is 8.00. The molecule has 6 heteroatoms. The maximum atomic E-state index is 10.1. The summed E-state index contributed by atoms with van der Waals surface area (Å²) in [5.74, 6) is -1.68. The number of amides is 1. The number of oxazole rings is 1. The van der Waals surface area contributed by atoms with Crippen molar-refractivity contribution in [2.24, 2.45) is 5.73 Å². The summed E-state index contributed by atoms with van der Waals surface area (Å²) < 4.78 is 4.51. The number of nitrogens with two attached hydrogens (primary N) is 1.